The number of para-hydroxylation sites is 1. The summed E-state index contributed by atoms with van der Waals surface area (Å²) in [6.45, 7) is 6.92. The zero-order valence-corrected chi connectivity index (χ0v) is 13.8. The fourth-order valence-electron chi connectivity index (χ4n) is 2.40. The van der Waals surface area contributed by atoms with Crippen molar-refractivity contribution in [3.05, 3.63) is 29.8 Å². The minimum atomic E-state index is -0.0561. The summed E-state index contributed by atoms with van der Waals surface area (Å²) in [5.74, 6) is 1.32. The fraction of sp³-hybridized carbons (Fsp3) is 0.588. The van der Waals surface area contributed by atoms with Crippen molar-refractivity contribution in [1.29, 1.82) is 0 Å². The number of hydrogen-bond acceptors (Lipinski definition) is 3. The number of ether oxygens (including phenoxy) is 1. The molecule has 118 valence electrons. The van der Waals surface area contributed by atoms with Crippen LogP contribution in [0.15, 0.2) is 24.3 Å². The van der Waals surface area contributed by atoms with Crippen molar-refractivity contribution < 1.29 is 9.53 Å². The van der Waals surface area contributed by atoms with Gasteiger partial charge in [0.25, 0.3) is 0 Å². The molecule has 0 radical (unpaired) electrons. The van der Waals surface area contributed by atoms with Gasteiger partial charge in [0.1, 0.15) is 5.75 Å². The average Bonchev–Trinajstić information content (AvgIpc) is 2.46. The molecule has 0 aliphatic heterocycles. The molecule has 2 unspecified atom stereocenters. The van der Waals surface area contributed by atoms with Crippen LogP contribution in [0.3, 0.4) is 0 Å². The highest BCUT2D eigenvalue weighted by Gasteiger charge is 2.21. The first kappa shape index (κ1) is 17.5. The van der Waals surface area contributed by atoms with Gasteiger partial charge < -0.3 is 15.4 Å². The summed E-state index contributed by atoms with van der Waals surface area (Å²) in [6.07, 6.45) is 0.887. The van der Waals surface area contributed by atoms with Gasteiger partial charge in [-0.25, -0.2) is 0 Å². The van der Waals surface area contributed by atoms with E-state index >= 15 is 0 Å². The minimum absolute atomic E-state index is 0.0204. The maximum absolute atomic E-state index is 12.3. The lowest BCUT2D eigenvalue weighted by atomic mass is 9.95. The minimum Gasteiger partial charge on any atom is -0.496 e. The predicted octanol–water partition coefficient (Wildman–Crippen LogP) is 2.75. The maximum atomic E-state index is 12.3. The zero-order chi connectivity index (χ0) is 15.8. The molecule has 0 saturated heterocycles. The molecule has 1 rings (SSSR count). The Morgan fingerprint density at radius 3 is 2.48 bits per heavy atom. The van der Waals surface area contributed by atoms with E-state index in [0.717, 1.165) is 17.7 Å². The number of hydrogen-bond donors (Lipinski definition) is 2. The van der Waals surface area contributed by atoms with Gasteiger partial charge in [-0.15, -0.1) is 0 Å². The second-order valence-electron chi connectivity index (χ2n) is 5.89. The van der Waals surface area contributed by atoms with Crippen LogP contribution in [-0.4, -0.2) is 26.6 Å². The lowest BCUT2D eigenvalue weighted by Gasteiger charge is -2.24. The topological polar surface area (TPSA) is 50.4 Å². The Bertz CT molecular complexity index is 446. The summed E-state index contributed by atoms with van der Waals surface area (Å²) in [6, 6.07) is 7.86. The summed E-state index contributed by atoms with van der Waals surface area (Å²) in [4.78, 5) is 12.3. The van der Waals surface area contributed by atoms with Crippen LogP contribution in [0, 0.1) is 11.8 Å². The first-order valence-corrected chi connectivity index (χ1v) is 7.57. The maximum Gasteiger partial charge on any atom is 0.224 e. The summed E-state index contributed by atoms with van der Waals surface area (Å²) in [7, 11) is 3.52. The molecule has 0 saturated carbocycles. The number of amides is 1. The molecule has 1 aromatic rings. The molecule has 0 aromatic heterocycles. The first-order chi connectivity index (χ1) is 9.99. The highest BCUT2D eigenvalue weighted by atomic mass is 16.5. The number of carbonyl (C=O) groups is 1. The SMILES string of the molecule is CNCC(C)C(=O)NC(CC(C)C)c1ccccc1OC. The van der Waals surface area contributed by atoms with Gasteiger partial charge in [0.2, 0.25) is 5.91 Å². The van der Waals surface area contributed by atoms with Gasteiger partial charge >= 0.3 is 0 Å². The third-order valence-corrected chi connectivity index (χ3v) is 3.50. The molecular formula is C17H28N2O2. The molecule has 2 N–H and O–H groups in total. The Hall–Kier alpha value is -1.55. The molecule has 1 aromatic carbocycles. The van der Waals surface area contributed by atoms with E-state index in [1.165, 1.54) is 0 Å². The van der Waals surface area contributed by atoms with Crippen molar-refractivity contribution in [2.45, 2.75) is 33.2 Å². The number of rotatable bonds is 8. The molecule has 4 heteroatoms. The molecule has 0 fully saturated rings. The van der Waals surface area contributed by atoms with Crippen molar-refractivity contribution in [3.8, 4) is 5.75 Å². The normalized spacial score (nSPS) is 13.8. The first-order valence-electron chi connectivity index (χ1n) is 7.57. The second kappa shape index (κ2) is 8.67. The monoisotopic (exact) mass is 292 g/mol. The zero-order valence-electron chi connectivity index (χ0n) is 13.8. The number of carbonyl (C=O) groups excluding carboxylic acids is 1. The second-order valence-corrected chi connectivity index (χ2v) is 5.89. The Kier molecular flexibility index (Phi) is 7.23. The fourth-order valence-corrected chi connectivity index (χ4v) is 2.40. The molecule has 0 spiro atoms. The van der Waals surface area contributed by atoms with Gasteiger partial charge in [-0.05, 0) is 25.5 Å². The Labute approximate surface area is 128 Å². The van der Waals surface area contributed by atoms with E-state index in [4.69, 9.17) is 4.74 Å². The van der Waals surface area contributed by atoms with E-state index in [2.05, 4.69) is 24.5 Å². The Morgan fingerprint density at radius 1 is 1.24 bits per heavy atom. The standard InChI is InChI=1S/C17H28N2O2/c1-12(2)10-15(19-17(20)13(3)11-18-4)14-8-6-7-9-16(14)21-5/h6-9,12-13,15,18H,10-11H2,1-5H3,(H,19,20). The van der Waals surface area contributed by atoms with Crippen LogP contribution in [0.5, 0.6) is 5.75 Å². The van der Waals surface area contributed by atoms with Gasteiger partial charge in [0.15, 0.2) is 0 Å². The van der Waals surface area contributed by atoms with Gasteiger partial charge in [0, 0.05) is 18.0 Å². The molecule has 0 aliphatic rings. The summed E-state index contributed by atoms with van der Waals surface area (Å²) in [5, 5.41) is 6.20. The van der Waals surface area contributed by atoms with E-state index in [0.29, 0.717) is 12.5 Å². The van der Waals surface area contributed by atoms with Gasteiger partial charge in [0.05, 0.1) is 13.2 Å². The van der Waals surface area contributed by atoms with Crippen molar-refractivity contribution in [2.75, 3.05) is 20.7 Å². The molecule has 21 heavy (non-hydrogen) atoms. The van der Waals surface area contributed by atoms with Crippen LogP contribution in [0.4, 0.5) is 0 Å². The largest absolute Gasteiger partial charge is 0.496 e. The van der Waals surface area contributed by atoms with Gasteiger partial charge in [-0.2, -0.15) is 0 Å². The average molecular weight is 292 g/mol. The molecule has 0 bridgehead atoms. The van der Waals surface area contributed by atoms with Crippen LogP contribution in [0.2, 0.25) is 0 Å². The predicted molar refractivity (Wildman–Crippen MR) is 86.4 cm³/mol. The van der Waals surface area contributed by atoms with E-state index in [1.54, 1.807) is 7.11 Å². The van der Waals surface area contributed by atoms with Gasteiger partial charge in [-0.3, -0.25) is 4.79 Å². The van der Waals surface area contributed by atoms with Crippen LogP contribution in [0.1, 0.15) is 38.8 Å². The van der Waals surface area contributed by atoms with Gasteiger partial charge in [-0.1, -0.05) is 39.0 Å². The van der Waals surface area contributed by atoms with Crippen molar-refractivity contribution in [3.63, 3.8) is 0 Å². The summed E-state index contributed by atoms with van der Waals surface area (Å²) >= 11 is 0. The Morgan fingerprint density at radius 2 is 1.90 bits per heavy atom. The molecule has 4 nitrogen and oxygen atoms in total. The third kappa shape index (κ3) is 5.38. The van der Waals surface area contributed by atoms with E-state index < -0.39 is 0 Å². The molecule has 2 atom stereocenters. The van der Waals surface area contributed by atoms with Crippen molar-refractivity contribution in [2.24, 2.45) is 11.8 Å². The molecule has 1 amide bonds. The highest BCUT2D eigenvalue weighted by Crippen LogP contribution is 2.29. The third-order valence-electron chi connectivity index (χ3n) is 3.50. The number of benzene rings is 1. The Balaban J connectivity index is 2.92. The number of nitrogens with one attached hydrogen (secondary N) is 2. The molecular weight excluding hydrogens is 264 g/mol. The lowest BCUT2D eigenvalue weighted by molar-refractivity contribution is -0.125. The van der Waals surface area contributed by atoms with E-state index in [9.17, 15) is 4.79 Å². The van der Waals surface area contributed by atoms with Crippen LogP contribution >= 0.6 is 0 Å². The van der Waals surface area contributed by atoms with E-state index in [1.807, 2.05) is 38.2 Å². The van der Waals surface area contributed by atoms with Crippen molar-refractivity contribution in [1.82, 2.24) is 10.6 Å². The lowest BCUT2D eigenvalue weighted by Crippen LogP contribution is -2.37. The van der Waals surface area contributed by atoms with Crippen LogP contribution < -0.4 is 15.4 Å². The molecule has 0 aliphatic carbocycles. The molecule has 0 heterocycles. The van der Waals surface area contributed by atoms with Crippen LogP contribution in [-0.2, 0) is 4.79 Å². The number of methoxy groups -OCH3 is 1. The van der Waals surface area contributed by atoms with E-state index in [-0.39, 0.29) is 17.9 Å². The highest BCUT2D eigenvalue weighted by molar-refractivity contribution is 5.79. The summed E-state index contributed by atoms with van der Waals surface area (Å²) in [5.41, 5.74) is 1.04. The van der Waals surface area contributed by atoms with Crippen molar-refractivity contribution >= 4 is 5.91 Å². The van der Waals surface area contributed by atoms with Crippen LogP contribution in [0.25, 0.3) is 0 Å². The smallest absolute Gasteiger partial charge is 0.224 e. The summed E-state index contributed by atoms with van der Waals surface area (Å²) < 4.78 is 5.43. The quantitative estimate of drug-likeness (QED) is 0.774.